The molecule has 3 nitrogen and oxygen atoms in total. The lowest BCUT2D eigenvalue weighted by Gasteiger charge is -2.08. The van der Waals surface area contributed by atoms with Crippen molar-refractivity contribution in [1.82, 2.24) is 0 Å². The topological polar surface area (TPSA) is 50.1 Å². The molecule has 90 valence electrons. The number of hydrogen-bond acceptors (Lipinski definition) is 3. The third-order valence-corrected chi connectivity index (χ3v) is 2.54. The maximum atomic E-state index is 11.1. The summed E-state index contributed by atoms with van der Waals surface area (Å²) in [5.41, 5.74) is 1.01. The molecule has 0 aliphatic carbocycles. The Kier molecular flexibility index (Phi) is 5.81. The summed E-state index contributed by atoms with van der Waals surface area (Å²) < 4.78 is 4.84. The van der Waals surface area contributed by atoms with Gasteiger partial charge in [-0.3, -0.25) is 4.79 Å². The van der Waals surface area contributed by atoms with Crippen LogP contribution in [0.25, 0.3) is 0 Å². The van der Waals surface area contributed by atoms with Crippen LogP contribution in [-0.2, 0) is 9.53 Å². The maximum absolute atomic E-state index is 11.1. The minimum absolute atomic E-state index is 0.134. The van der Waals surface area contributed by atoms with Crippen molar-refractivity contribution < 1.29 is 9.53 Å². The minimum Gasteiger partial charge on any atom is -0.466 e. The molecule has 0 spiro atoms. The molecule has 0 aliphatic rings. The van der Waals surface area contributed by atoms with Crippen LogP contribution in [0.2, 0.25) is 0 Å². The second-order valence-corrected chi connectivity index (χ2v) is 3.79. The summed E-state index contributed by atoms with van der Waals surface area (Å²) in [7, 11) is 0. The minimum atomic E-state index is -0.183. The Balaban J connectivity index is 2.39. The number of esters is 1. The lowest BCUT2D eigenvalue weighted by Crippen LogP contribution is -2.04. The molecule has 1 unspecified atom stereocenters. The van der Waals surface area contributed by atoms with Crippen molar-refractivity contribution in [2.24, 2.45) is 0 Å². The summed E-state index contributed by atoms with van der Waals surface area (Å²) in [6, 6.07) is 11.9. The molecule has 0 heterocycles. The normalized spacial score (nSPS) is 11.5. The fraction of sp³-hybridized carbons (Fsp3) is 0.429. The molecule has 0 amide bonds. The number of nitriles is 1. The molecule has 0 bridgehead atoms. The molecule has 0 aliphatic heterocycles. The van der Waals surface area contributed by atoms with E-state index in [-0.39, 0.29) is 11.9 Å². The van der Waals surface area contributed by atoms with Gasteiger partial charge in [-0.25, -0.2) is 0 Å². The van der Waals surface area contributed by atoms with Gasteiger partial charge in [-0.1, -0.05) is 30.3 Å². The second-order valence-electron chi connectivity index (χ2n) is 3.79. The smallest absolute Gasteiger partial charge is 0.305 e. The molecule has 0 fully saturated rings. The molecular formula is C14H17NO2. The van der Waals surface area contributed by atoms with E-state index >= 15 is 0 Å². The van der Waals surface area contributed by atoms with Gasteiger partial charge in [-0.2, -0.15) is 5.26 Å². The molecule has 0 N–H and O–H groups in total. The highest BCUT2D eigenvalue weighted by Crippen LogP contribution is 2.20. The number of carbonyl (C=O) groups is 1. The van der Waals surface area contributed by atoms with Crippen molar-refractivity contribution in [1.29, 1.82) is 5.26 Å². The summed E-state index contributed by atoms with van der Waals surface area (Å²) in [6.45, 7) is 2.21. The first-order chi connectivity index (χ1) is 8.27. The summed E-state index contributed by atoms with van der Waals surface area (Å²) in [6.07, 6.45) is 1.77. The molecule has 0 saturated carbocycles. The first-order valence-corrected chi connectivity index (χ1v) is 5.88. The number of rotatable bonds is 6. The van der Waals surface area contributed by atoms with Gasteiger partial charge in [0.15, 0.2) is 0 Å². The SMILES string of the molecule is CCOC(=O)CCCC(C#N)c1ccccc1. The van der Waals surface area contributed by atoms with Crippen molar-refractivity contribution in [2.45, 2.75) is 32.1 Å². The fourth-order valence-corrected chi connectivity index (χ4v) is 1.67. The van der Waals surface area contributed by atoms with Gasteiger partial charge in [-0.05, 0) is 25.3 Å². The van der Waals surface area contributed by atoms with Crippen molar-refractivity contribution >= 4 is 5.97 Å². The Morgan fingerprint density at radius 2 is 2.12 bits per heavy atom. The van der Waals surface area contributed by atoms with Crippen LogP contribution >= 0.6 is 0 Å². The van der Waals surface area contributed by atoms with E-state index < -0.39 is 0 Å². The van der Waals surface area contributed by atoms with E-state index in [1.165, 1.54) is 0 Å². The van der Waals surface area contributed by atoms with Gasteiger partial charge in [0.2, 0.25) is 0 Å². The second kappa shape index (κ2) is 7.45. The van der Waals surface area contributed by atoms with E-state index in [2.05, 4.69) is 6.07 Å². The van der Waals surface area contributed by atoms with Gasteiger partial charge in [0.25, 0.3) is 0 Å². The Morgan fingerprint density at radius 3 is 2.71 bits per heavy atom. The molecule has 1 rings (SSSR count). The summed E-state index contributed by atoms with van der Waals surface area (Å²) in [5, 5.41) is 9.08. The molecule has 1 aromatic carbocycles. The zero-order chi connectivity index (χ0) is 12.5. The first-order valence-electron chi connectivity index (χ1n) is 5.88. The number of benzene rings is 1. The standard InChI is InChI=1S/C14H17NO2/c1-2-17-14(16)10-6-9-13(11-15)12-7-4-3-5-8-12/h3-5,7-8,13H,2,6,9-10H2,1H3. The van der Waals surface area contributed by atoms with Crippen LogP contribution < -0.4 is 0 Å². The molecular weight excluding hydrogens is 214 g/mol. The van der Waals surface area contributed by atoms with Crippen LogP contribution in [0.15, 0.2) is 30.3 Å². The lowest BCUT2D eigenvalue weighted by molar-refractivity contribution is -0.143. The van der Waals surface area contributed by atoms with Gasteiger partial charge in [0.1, 0.15) is 0 Å². The number of nitrogens with zero attached hydrogens (tertiary/aromatic N) is 1. The lowest BCUT2D eigenvalue weighted by atomic mass is 9.95. The average Bonchev–Trinajstić information content (AvgIpc) is 2.36. The van der Waals surface area contributed by atoms with Crippen molar-refractivity contribution in [3.05, 3.63) is 35.9 Å². The fourth-order valence-electron chi connectivity index (χ4n) is 1.67. The highest BCUT2D eigenvalue weighted by molar-refractivity contribution is 5.69. The summed E-state index contributed by atoms with van der Waals surface area (Å²) in [5.74, 6) is -0.317. The largest absolute Gasteiger partial charge is 0.466 e. The molecule has 1 atom stereocenters. The highest BCUT2D eigenvalue weighted by Gasteiger charge is 2.11. The Bertz CT molecular complexity index is 381. The Labute approximate surface area is 102 Å². The molecule has 1 aromatic rings. The van der Waals surface area contributed by atoms with Gasteiger partial charge in [-0.15, -0.1) is 0 Å². The molecule has 0 saturated heterocycles. The van der Waals surface area contributed by atoms with Crippen LogP contribution in [0.3, 0.4) is 0 Å². The Hall–Kier alpha value is -1.82. The van der Waals surface area contributed by atoms with Crippen LogP contribution in [0.5, 0.6) is 0 Å². The average molecular weight is 231 g/mol. The van der Waals surface area contributed by atoms with Gasteiger partial charge in [0.05, 0.1) is 18.6 Å². The highest BCUT2D eigenvalue weighted by atomic mass is 16.5. The van der Waals surface area contributed by atoms with E-state index in [1.807, 2.05) is 30.3 Å². The van der Waals surface area contributed by atoms with Crippen LogP contribution in [0, 0.1) is 11.3 Å². The molecule has 0 radical (unpaired) electrons. The van der Waals surface area contributed by atoms with E-state index in [1.54, 1.807) is 6.92 Å². The third-order valence-electron chi connectivity index (χ3n) is 2.54. The van der Waals surface area contributed by atoms with Crippen LogP contribution in [0.4, 0.5) is 0 Å². The van der Waals surface area contributed by atoms with Gasteiger partial charge < -0.3 is 4.74 Å². The van der Waals surface area contributed by atoms with Crippen LogP contribution in [0.1, 0.15) is 37.7 Å². The van der Waals surface area contributed by atoms with Crippen LogP contribution in [-0.4, -0.2) is 12.6 Å². The predicted molar refractivity (Wildman–Crippen MR) is 65.3 cm³/mol. The monoisotopic (exact) mass is 231 g/mol. The van der Waals surface area contributed by atoms with Crippen molar-refractivity contribution in [3.63, 3.8) is 0 Å². The third kappa shape index (κ3) is 4.69. The first kappa shape index (κ1) is 13.2. The van der Waals surface area contributed by atoms with E-state index in [4.69, 9.17) is 10.00 Å². The quantitative estimate of drug-likeness (QED) is 0.707. The van der Waals surface area contributed by atoms with Crippen molar-refractivity contribution in [2.75, 3.05) is 6.61 Å². The van der Waals surface area contributed by atoms with E-state index in [9.17, 15) is 4.79 Å². The maximum Gasteiger partial charge on any atom is 0.305 e. The van der Waals surface area contributed by atoms with Gasteiger partial charge >= 0.3 is 5.97 Å². The molecule has 0 aromatic heterocycles. The summed E-state index contributed by atoms with van der Waals surface area (Å²) >= 11 is 0. The number of carbonyl (C=O) groups excluding carboxylic acids is 1. The van der Waals surface area contributed by atoms with Gasteiger partial charge in [0, 0.05) is 6.42 Å². The van der Waals surface area contributed by atoms with E-state index in [0.29, 0.717) is 25.9 Å². The molecule has 17 heavy (non-hydrogen) atoms. The zero-order valence-corrected chi connectivity index (χ0v) is 10.1. The summed E-state index contributed by atoms with van der Waals surface area (Å²) in [4.78, 5) is 11.1. The molecule has 3 heteroatoms. The van der Waals surface area contributed by atoms with E-state index in [0.717, 1.165) is 5.56 Å². The van der Waals surface area contributed by atoms with Crippen molar-refractivity contribution in [3.8, 4) is 6.07 Å². The Morgan fingerprint density at radius 1 is 1.41 bits per heavy atom. The zero-order valence-electron chi connectivity index (χ0n) is 10.1. The predicted octanol–water partition coefficient (Wildman–Crippen LogP) is 3.03. The number of hydrogen-bond donors (Lipinski definition) is 0. The number of ether oxygens (including phenoxy) is 1.